The van der Waals surface area contributed by atoms with Crippen LogP contribution in [0, 0.1) is 24.1 Å². The van der Waals surface area contributed by atoms with Gasteiger partial charge in [-0.1, -0.05) is 12.1 Å². The Balaban J connectivity index is 1.71. The van der Waals surface area contributed by atoms with Gasteiger partial charge in [-0.3, -0.25) is 0 Å². The fourth-order valence-corrected chi connectivity index (χ4v) is 2.77. The van der Waals surface area contributed by atoms with Gasteiger partial charge in [0, 0.05) is 23.8 Å². The minimum atomic E-state index is -0.258. The highest BCUT2D eigenvalue weighted by Gasteiger charge is 2.14. The average Bonchev–Trinajstić information content (AvgIpc) is 3.02. The van der Waals surface area contributed by atoms with E-state index in [2.05, 4.69) is 23.4 Å². The number of hydrogen-bond acceptors (Lipinski definition) is 3. The zero-order valence-electron chi connectivity index (χ0n) is 14.2. The van der Waals surface area contributed by atoms with Crippen LogP contribution in [0.15, 0.2) is 54.7 Å². The molecule has 1 N–H and O–H groups in total. The summed E-state index contributed by atoms with van der Waals surface area (Å²) < 4.78 is 14.9. The van der Waals surface area contributed by atoms with E-state index in [0.717, 1.165) is 22.5 Å². The summed E-state index contributed by atoms with van der Waals surface area (Å²) in [5.74, 6) is -0.258. The van der Waals surface area contributed by atoms with Gasteiger partial charge in [0.15, 0.2) is 0 Å². The normalized spacial score (nSPS) is 11.9. The van der Waals surface area contributed by atoms with E-state index >= 15 is 0 Å². The Hall–Kier alpha value is -2.97. The first-order chi connectivity index (χ1) is 12.1. The second kappa shape index (κ2) is 7.29. The van der Waals surface area contributed by atoms with Crippen LogP contribution in [0.1, 0.15) is 35.3 Å². The topological polar surface area (TPSA) is 53.6 Å². The number of aromatic nitrogens is 2. The molecule has 25 heavy (non-hydrogen) atoms. The van der Waals surface area contributed by atoms with Crippen molar-refractivity contribution < 1.29 is 4.39 Å². The molecule has 0 aliphatic rings. The molecule has 1 atom stereocenters. The van der Waals surface area contributed by atoms with Gasteiger partial charge in [-0.2, -0.15) is 10.4 Å². The molecule has 4 nitrogen and oxygen atoms in total. The molecule has 0 saturated heterocycles. The lowest BCUT2D eigenvalue weighted by Crippen LogP contribution is -2.18. The number of nitrogens with one attached hydrogen (secondary N) is 1. The van der Waals surface area contributed by atoms with Gasteiger partial charge < -0.3 is 5.32 Å². The van der Waals surface area contributed by atoms with Crippen molar-refractivity contribution in [3.8, 4) is 11.8 Å². The Kier molecular flexibility index (Phi) is 4.92. The predicted octanol–water partition coefficient (Wildman–Crippen LogP) is 4.04. The molecule has 0 amide bonds. The molecular formula is C20H19FN4. The second-order valence-corrected chi connectivity index (χ2v) is 5.98. The van der Waals surface area contributed by atoms with Crippen LogP contribution in [0.5, 0.6) is 0 Å². The number of halogens is 1. The molecule has 0 saturated carbocycles. The molecule has 1 heterocycles. The standard InChI is InChI=1S/C20H19FN4/c1-14(23-12-17-5-3-16(11-22)4-6-17)20-13-24-25(15(20)2)19-9-7-18(21)8-10-19/h3-10,13-14,23H,12H2,1-2H3/t14-/m1/s1. The highest BCUT2D eigenvalue weighted by molar-refractivity contribution is 5.36. The average molecular weight is 334 g/mol. The minimum Gasteiger partial charge on any atom is -0.306 e. The summed E-state index contributed by atoms with van der Waals surface area (Å²) in [6.45, 7) is 4.79. The summed E-state index contributed by atoms with van der Waals surface area (Å²) in [5.41, 5.74) is 4.73. The largest absolute Gasteiger partial charge is 0.306 e. The van der Waals surface area contributed by atoms with Crippen LogP contribution in [0.2, 0.25) is 0 Å². The summed E-state index contributed by atoms with van der Waals surface area (Å²) in [7, 11) is 0. The third-order valence-corrected chi connectivity index (χ3v) is 4.28. The smallest absolute Gasteiger partial charge is 0.123 e. The van der Waals surface area contributed by atoms with Gasteiger partial charge in [0.05, 0.1) is 23.5 Å². The van der Waals surface area contributed by atoms with Crippen molar-refractivity contribution in [3.05, 3.63) is 82.9 Å². The molecule has 126 valence electrons. The summed E-state index contributed by atoms with van der Waals surface area (Å²) >= 11 is 0. The molecule has 1 aromatic heterocycles. The molecule has 0 bridgehead atoms. The van der Waals surface area contributed by atoms with E-state index in [4.69, 9.17) is 5.26 Å². The number of nitrogens with zero attached hydrogens (tertiary/aromatic N) is 3. The first-order valence-corrected chi connectivity index (χ1v) is 8.11. The van der Waals surface area contributed by atoms with Gasteiger partial charge in [-0.25, -0.2) is 9.07 Å². The lowest BCUT2D eigenvalue weighted by molar-refractivity contribution is 0.571. The molecule has 0 radical (unpaired) electrons. The van der Waals surface area contributed by atoms with Gasteiger partial charge in [0.1, 0.15) is 5.82 Å². The zero-order valence-corrected chi connectivity index (χ0v) is 14.2. The Morgan fingerprint density at radius 3 is 2.48 bits per heavy atom. The number of benzene rings is 2. The minimum absolute atomic E-state index is 0.116. The van der Waals surface area contributed by atoms with Crippen LogP contribution in [-0.2, 0) is 6.54 Å². The number of rotatable bonds is 5. The van der Waals surface area contributed by atoms with Crippen LogP contribution in [-0.4, -0.2) is 9.78 Å². The van der Waals surface area contributed by atoms with Crippen LogP contribution >= 0.6 is 0 Å². The van der Waals surface area contributed by atoms with E-state index in [0.29, 0.717) is 12.1 Å². The van der Waals surface area contributed by atoms with Crippen molar-refractivity contribution in [1.29, 1.82) is 5.26 Å². The van der Waals surface area contributed by atoms with E-state index in [9.17, 15) is 4.39 Å². The van der Waals surface area contributed by atoms with E-state index in [1.165, 1.54) is 12.1 Å². The third kappa shape index (κ3) is 3.76. The van der Waals surface area contributed by atoms with Gasteiger partial charge in [-0.15, -0.1) is 0 Å². The van der Waals surface area contributed by atoms with Crippen LogP contribution < -0.4 is 5.32 Å². The quantitative estimate of drug-likeness (QED) is 0.766. The van der Waals surface area contributed by atoms with Gasteiger partial charge in [0.2, 0.25) is 0 Å². The van der Waals surface area contributed by atoms with Crippen molar-refractivity contribution in [2.45, 2.75) is 26.4 Å². The molecule has 2 aromatic carbocycles. The van der Waals surface area contributed by atoms with E-state index in [1.807, 2.05) is 42.1 Å². The maximum absolute atomic E-state index is 13.1. The van der Waals surface area contributed by atoms with Crippen molar-refractivity contribution >= 4 is 0 Å². The lowest BCUT2D eigenvalue weighted by Gasteiger charge is -2.14. The number of hydrogen-bond donors (Lipinski definition) is 1. The lowest BCUT2D eigenvalue weighted by atomic mass is 10.1. The van der Waals surface area contributed by atoms with E-state index in [-0.39, 0.29) is 11.9 Å². The van der Waals surface area contributed by atoms with Crippen molar-refractivity contribution in [1.82, 2.24) is 15.1 Å². The SMILES string of the molecule is Cc1c([C@@H](C)NCc2ccc(C#N)cc2)cnn1-c1ccc(F)cc1. The second-order valence-electron chi connectivity index (χ2n) is 5.98. The molecule has 3 rings (SSSR count). The Morgan fingerprint density at radius 2 is 1.84 bits per heavy atom. The molecule has 0 spiro atoms. The van der Waals surface area contributed by atoms with E-state index < -0.39 is 0 Å². The maximum Gasteiger partial charge on any atom is 0.123 e. The first-order valence-electron chi connectivity index (χ1n) is 8.11. The fraction of sp³-hybridized carbons (Fsp3) is 0.200. The fourth-order valence-electron chi connectivity index (χ4n) is 2.77. The van der Waals surface area contributed by atoms with Crippen LogP contribution in [0.4, 0.5) is 4.39 Å². The Bertz CT molecular complexity index is 889. The third-order valence-electron chi connectivity index (χ3n) is 4.28. The summed E-state index contributed by atoms with van der Waals surface area (Å²) in [6.07, 6.45) is 1.84. The molecule has 0 aliphatic carbocycles. The highest BCUT2D eigenvalue weighted by atomic mass is 19.1. The molecular weight excluding hydrogens is 315 g/mol. The predicted molar refractivity (Wildman–Crippen MR) is 94.7 cm³/mol. The number of nitriles is 1. The zero-order chi connectivity index (χ0) is 17.8. The summed E-state index contributed by atoms with van der Waals surface area (Å²) in [5, 5.41) is 16.7. The van der Waals surface area contributed by atoms with Gasteiger partial charge >= 0.3 is 0 Å². The maximum atomic E-state index is 13.1. The summed E-state index contributed by atoms with van der Waals surface area (Å²) in [6, 6.07) is 16.1. The van der Waals surface area contributed by atoms with E-state index in [1.54, 1.807) is 12.1 Å². The molecule has 0 aliphatic heterocycles. The summed E-state index contributed by atoms with van der Waals surface area (Å²) in [4.78, 5) is 0. The van der Waals surface area contributed by atoms with Crippen LogP contribution in [0.3, 0.4) is 0 Å². The van der Waals surface area contributed by atoms with Gasteiger partial charge in [0.25, 0.3) is 0 Å². The van der Waals surface area contributed by atoms with Crippen molar-refractivity contribution in [3.63, 3.8) is 0 Å². The molecule has 0 fully saturated rings. The van der Waals surface area contributed by atoms with Gasteiger partial charge in [-0.05, 0) is 55.8 Å². The van der Waals surface area contributed by atoms with Crippen molar-refractivity contribution in [2.75, 3.05) is 0 Å². The first kappa shape index (κ1) is 16.9. The highest BCUT2D eigenvalue weighted by Crippen LogP contribution is 2.20. The Morgan fingerprint density at radius 1 is 1.16 bits per heavy atom. The van der Waals surface area contributed by atoms with Crippen molar-refractivity contribution in [2.24, 2.45) is 0 Å². The monoisotopic (exact) mass is 334 g/mol. The Labute approximate surface area is 146 Å². The molecule has 0 unspecified atom stereocenters. The van der Waals surface area contributed by atoms with Crippen LogP contribution in [0.25, 0.3) is 5.69 Å². The molecule has 5 heteroatoms. The molecule has 3 aromatic rings.